The van der Waals surface area contributed by atoms with Gasteiger partial charge in [-0.2, -0.15) is 0 Å². The van der Waals surface area contributed by atoms with Crippen molar-refractivity contribution in [2.75, 3.05) is 18.0 Å². The summed E-state index contributed by atoms with van der Waals surface area (Å²) in [6, 6.07) is 6.39. The molecule has 0 aliphatic heterocycles. The summed E-state index contributed by atoms with van der Waals surface area (Å²) >= 11 is 5.74. The monoisotopic (exact) mass is 243 g/mol. The van der Waals surface area contributed by atoms with Gasteiger partial charge in [0, 0.05) is 10.7 Å². The number of nitrogens with zero attached hydrogens (tertiary/aromatic N) is 1. The molecule has 0 fully saturated rings. The minimum Gasteiger partial charge on any atom is -0.480 e. The smallest absolute Gasteiger partial charge is 0.323 e. The van der Waals surface area contributed by atoms with Crippen LogP contribution in [0, 0.1) is 0 Å². The molecule has 1 aromatic carbocycles. The van der Waals surface area contributed by atoms with E-state index in [9.17, 15) is 9.59 Å². The van der Waals surface area contributed by atoms with Crippen molar-refractivity contribution in [3.63, 3.8) is 0 Å². The molecular formula is C10H10ClNO4. The van der Waals surface area contributed by atoms with Gasteiger partial charge in [-0.15, -0.1) is 0 Å². The highest BCUT2D eigenvalue weighted by atomic mass is 35.5. The van der Waals surface area contributed by atoms with Crippen molar-refractivity contribution >= 4 is 29.2 Å². The Labute approximate surface area is 96.9 Å². The topological polar surface area (TPSA) is 77.8 Å². The zero-order valence-electron chi connectivity index (χ0n) is 8.26. The second-order valence-corrected chi connectivity index (χ2v) is 3.56. The third-order valence-electron chi connectivity index (χ3n) is 1.83. The third kappa shape index (κ3) is 3.78. The van der Waals surface area contributed by atoms with Crippen molar-refractivity contribution in [2.24, 2.45) is 0 Å². The van der Waals surface area contributed by atoms with Crippen molar-refractivity contribution < 1.29 is 19.8 Å². The van der Waals surface area contributed by atoms with Crippen LogP contribution in [0.2, 0.25) is 5.02 Å². The minimum atomic E-state index is -1.10. The van der Waals surface area contributed by atoms with Crippen molar-refractivity contribution in [2.45, 2.75) is 0 Å². The Kier molecular flexibility index (Phi) is 4.13. The van der Waals surface area contributed by atoms with Gasteiger partial charge in [-0.3, -0.25) is 9.59 Å². The van der Waals surface area contributed by atoms with Crippen LogP contribution in [0.1, 0.15) is 0 Å². The molecule has 16 heavy (non-hydrogen) atoms. The number of carboxylic acid groups (broad SMARTS) is 2. The van der Waals surface area contributed by atoms with Crippen LogP contribution < -0.4 is 4.90 Å². The standard InChI is InChI=1S/C10H10ClNO4/c11-7-2-1-3-8(4-7)12(5-9(13)14)6-10(15)16/h1-4H,5-6H2,(H,13,14)(H,15,16). The molecule has 6 heteroatoms. The Hall–Kier alpha value is -1.75. The molecule has 0 bridgehead atoms. The van der Waals surface area contributed by atoms with E-state index in [0.29, 0.717) is 10.7 Å². The SMILES string of the molecule is O=C(O)CN(CC(=O)O)c1cccc(Cl)c1. The van der Waals surface area contributed by atoms with E-state index >= 15 is 0 Å². The van der Waals surface area contributed by atoms with Gasteiger partial charge in [0.2, 0.25) is 0 Å². The highest BCUT2D eigenvalue weighted by molar-refractivity contribution is 6.30. The number of carboxylic acids is 2. The maximum atomic E-state index is 10.6. The molecule has 86 valence electrons. The number of aliphatic carboxylic acids is 2. The van der Waals surface area contributed by atoms with E-state index in [2.05, 4.69) is 0 Å². The summed E-state index contributed by atoms with van der Waals surface area (Å²) in [5.41, 5.74) is 0.470. The number of hydrogen-bond donors (Lipinski definition) is 2. The summed E-state index contributed by atoms with van der Waals surface area (Å²) in [5.74, 6) is -2.19. The van der Waals surface area contributed by atoms with Gasteiger partial charge in [-0.25, -0.2) is 0 Å². The molecule has 0 radical (unpaired) electrons. The molecule has 0 saturated carbocycles. The predicted molar refractivity (Wildman–Crippen MR) is 58.9 cm³/mol. The molecule has 2 N–H and O–H groups in total. The number of benzene rings is 1. The Bertz CT molecular complexity index is 392. The van der Waals surface area contributed by atoms with Gasteiger partial charge >= 0.3 is 11.9 Å². The number of rotatable bonds is 5. The molecular weight excluding hydrogens is 234 g/mol. The zero-order chi connectivity index (χ0) is 12.1. The molecule has 5 nitrogen and oxygen atoms in total. The first-order valence-corrected chi connectivity index (χ1v) is 4.81. The lowest BCUT2D eigenvalue weighted by Gasteiger charge is -2.20. The fraction of sp³-hybridized carbons (Fsp3) is 0.200. The normalized spacial score (nSPS) is 9.81. The summed E-state index contributed by atoms with van der Waals surface area (Å²) in [7, 11) is 0. The Morgan fingerprint density at radius 2 is 1.75 bits per heavy atom. The maximum absolute atomic E-state index is 10.6. The number of halogens is 1. The van der Waals surface area contributed by atoms with Crippen LogP contribution in [0.15, 0.2) is 24.3 Å². The Morgan fingerprint density at radius 3 is 2.19 bits per heavy atom. The van der Waals surface area contributed by atoms with Gasteiger partial charge in [0.1, 0.15) is 13.1 Å². The maximum Gasteiger partial charge on any atom is 0.323 e. The quantitative estimate of drug-likeness (QED) is 0.815. The molecule has 0 atom stereocenters. The summed E-state index contributed by atoms with van der Waals surface area (Å²) in [5, 5.41) is 17.7. The Morgan fingerprint density at radius 1 is 1.19 bits per heavy atom. The van der Waals surface area contributed by atoms with Crippen molar-refractivity contribution in [3.05, 3.63) is 29.3 Å². The first-order valence-electron chi connectivity index (χ1n) is 4.43. The van der Waals surface area contributed by atoms with E-state index in [1.807, 2.05) is 0 Å². The van der Waals surface area contributed by atoms with E-state index in [1.54, 1.807) is 18.2 Å². The first-order chi connectivity index (χ1) is 7.49. The summed E-state index contributed by atoms with van der Waals surface area (Å²) in [6.45, 7) is -0.765. The number of hydrogen-bond acceptors (Lipinski definition) is 3. The van der Waals surface area contributed by atoms with Gasteiger partial charge in [0.15, 0.2) is 0 Å². The van der Waals surface area contributed by atoms with Crippen LogP contribution in [-0.2, 0) is 9.59 Å². The van der Waals surface area contributed by atoms with E-state index in [-0.39, 0.29) is 13.1 Å². The average Bonchev–Trinajstić information content (AvgIpc) is 2.15. The average molecular weight is 244 g/mol. The van der Waals surface area contributed by atoms with Crippen molar-refractivity contribution in [3.8, 4) is 0 Å². The minimum absolute atomic E-state index is 0.382. The molecule has 0 amide bonds. The largest absolute Gasteiger partial charge is 0.480 e. The molecule has 0 aliphatic rings. The first kappa shape index (κ1) is 12.3. The van der Waals surface area contributed by atoms with Crippen molar-refractivity contribution in [1.82, 2.24) is 0 Å². The lowest BCUT2D eigenvalue weighted by molar-refractivity contribution is -0.136. The molecule has 1 aromatic rings. The zero-order valence-corrected chi connectivity index (χ0v) is 9.02. The van der Waals surface area contributed by atoms with Gasteiger partial charge in [-0.05, 0) is 18.2 Å². The van der Waals surface area contributed by atoms with Crippen LogP contribution in [0.25, 0.3) is 0 Å². The second kappa shape index (κ2) is 5.37. The highest BCUT2D eigenvalue weighted by Crippen LogP contribution is 2.19. The lowest BCUT2D eigenvalue weighted by Crippen LogP contribution is -2.34. The predicted octanol–water partition coefficient (Wildman–Crippen LogP) is 1.32. The molecule has 0 saturated heterocycles. The van der Waals surface area contributed by atoms with E-state index < -0.39 is 11.9 Å². The van der Waals surface area contributed by atoms with Crippen LogP contribution >= 0.6 is 11.6 Å². The van der Waals surface area contributed by atoms with Crippen LogP contribution in [0.5, 0.6) is 0 Å². The van der Waals surface area contributed by atoms with Crippen LogP contribution in [0.4, 0.5) is 5.69 Å². The fourth-order valence-electron chi connectivity index (χ4n) is 1.24. The number of carbonyl (C=O) groups is 2. The molecule has 0 aliphatic carbocycles. The molecule has 0 unspecified atom stereocenters. The van der Waals surface area contributed by atoms with Crippen LogP contribution in [-0.4, -0.2) is 35.2 Å². The summed E-state index contributed by atoms with van der Waals surface area (Å²) in [4.78, 5) is 22.4. The van der Waals surface area contributed by atoms with Gasteiger partial charge in [0.05, 0.1) is 0 Å². The van der Waals surface area contributed by atoms with Gasteiger partial charge in [0.25, 0.3) is 0 Å². The van der Waals surface area contributed by atoms with E-state index in [1.165, 1.54) is 11.0 Å². The van der Waals surface area contributed by atoms with E-state index in [0.717, 1.165) is 0 Å². The second-order valence-electron chi connectivity index (χ2n) is 3.12. The van der Waals surface area contributed by atoms with Gasteiger partial charge in [-0.1, -0.05) is 17.7 Å². The van der Waals surface area contributed by atoms with Gasteiger partial charge < -0.3 is 15.1 Å². The number of anilines is 1. The fourth-order valence-corrected chi connectivity index (χ4v) is 1.42. The Balaban J connectivity index is 2.90. The lowest BCUT2D eigenvalue weighted by atomic mass is 10.3. The molecule has 0 spiro atoms. The third-order valence-corrected chi connectivity index (χ3v) is 2.06. The van der Waals surface area contributed by atoms with Crippen molar-refractivity contribution in [1.29, 1.82) is 0 Å². The summed E-state index contributed by atoms with van der Waals surface area (Å²) in [6.07, 6.45) is 0. The van der Waals surface area contributed by atoms with Crippen LogP contribution in [0.3, 0.4) is 0 Å². The molecule has 0 heterocycles. The molecule has 0 aromatic heterocycles. The highest BCUT2D eigenvalue weighted by Gasteiger charge is 2.14. The molecule has 1 rings (SSSR count). The van der Waals surface area contributed by atoms with E-state index in [4.69, 9.17) is 21.8 Å². The summed E-state index contributed by atoms with van der Waals surface area (Å²) < 4.78 is 0.